The van der Waals surface area contributed by atoms with Gasteiger partial charge in [-0.3, -0.25) is 0 Å². The van der Waals surface area contributed by atoms with Gasteiger partial charge in [0.1, 0.15) is 0 Å². The summed E-state index contributed by atoms with van der Waals surface area (Å²) in [4.78, 5) is 0. The Kier molecular flexibility index (Phi) is 4.41. The summed E-state index contributed by atoms with van der Waals surface area (Å²) in [5.41, 5.74) is 5.03. The van der Waals surface area contributed by atoms with E-state index in [2.05, 4.69) is 43.9 Å². The molecule has 15 heavy (non-hydrogen) atoms. The van der Waals surface area contributed by atoms with Crippen molar-refractivity contribution in [1.82, 2.24) is 5.32 Å². The number of rotatable bonds is 5. The Morgan fingerprint density at radius 1 is 1.40 bits per heavy atom. The fraction of sp³-hybridized carbons (Fsp3) is 0.429. The highest BCUT2D eigenvalue weighted by atomic mass is 14.8. The second-order valence-electron chi connectivity index (χ2n) is 3.97. The first-order valence-electron chi connectivity index (χ1n) is 5.65. The summed E-state index contributed by atoms with van der Waals surface area (Å²) < 4.78 is 0. The van der Waals surface area contributed by atoms with Gasteiger partial charge in [0.05, 0.1) is 0 Å². The number of benzene rings is 1. The Balaban J connectivity index is 2.89. The molecule has 0 fully saturated rings. The standard InChI is InChI=1S/C14H21N/c1-5-6-7-13-10-14(12(3)15-4)9-8-11(13)2/h8-10,15H,3,5-7H2,1-2,4H3. The van der Waals surface area contributed by atoms with Crippen molar-refractivity contribution in [2.24, 2.45) is 0 Å². The molecule has 1 nitrogen and oxygen atoms in total. The van der Waals surface area contributed by atoms with Crippen molar-refractivity contribution in [3.05, 3.63) is 41.5 Å². The molecular formula is C14H21N. The van der Waals surface area contributed by atoms with E-state index in [4.69, 9.17) is 0 Å². The van der Waals surface area contributed by atoms with E-state index in [-0.39, 0.29) is 0 Å². The van der Waals surface area contributed by atoms with Crippen molar-refractivity contribution in [1.29, 1.82) is 0 Å². The van der Waals surface area contributed by atoms with Crippen LogP contribution in [0.5, 0.6) is 0 Å². The first-order valence-corrected chi connectivity index (χ1v) is 5.65. The van der Waals surface area contributed by atoms with E-state index in [1.54, 1.807) is 0 Å². The van der Waals surface area contributed by atoms with E-state index in [9.17, 15) is 0 Å². The van der Waals surface area contributed by atoms with Crippen molar-refractivity contribution in [3.8, 4) is 0 Å². The Labute approximate surface area is 93.2 Å². The van der Waals surface area contributed by atoms with Crippen LogP contribution in [0.2, 0.25) is 0 Å². The Morgan fingerprint density at radius 2 is 2.13 bits per heavy atom. The molecular weight excluding hydrogens is 182 g/mol. The fourth-order valence-electron chi connectivity index (χ4n) is 1.64. The van der Waals surface area contributed by atoms with Gasteiger partial charge in [0.15, 0.2) is 0 Å². The molecule has 0 bridgehead atoms. The maximum absolute atomic E-state index is 3.98. The average molecular weight is 203 g/mol. The maximum atomic E-state index is 3.98. The maximum Gasteiger partial charge on any atom is 0.0338 e. The molecule has 0 atom stereocenters. The van der Waals surface area contributed by atoms with Crippen LogP contribution >= 0.6 is 0 Å². The van der Waals surface area contributed by atoms with Gasteiger partial charge >= 0.3 is 0 Å². The summed E-state index contributed by atoms with van der Waals surface area (Å²) in [7, 11) is 1.91. The van der Waals surface area contributed by atoms with Crippen molar-refractivity contribution < 1.29 is 0 Å². The zero-order chi connectivity index (χ0) is 11.3. The fourth-order valence-corrected chi connectivity index (χ4v) is 1.64. The van der Waals surface area contributed by atoms with E-state index in [0.29, 0.717) is 0 Å². The summed E-state index contributed by atoms with van der Waals surface area (Å²) in [6.07, 6.45) is 3.68. The molecule has 0 aromatic heterocycles. The molecule has 0 saturated heterocycles. The van der Waals surface area contributed by atoms with Gasteiger partial charge in [-0.1, -0.05) is 32.1 Å². The largest absolute Gasteiger partial charge is 0.388 e. The van der Waals surface area contributed by atoms with E-state index in [1.807, 2.05) is 7.05 Å². The van der Waals surface area contributed by atoms with Crippen LogP contribution in [0.1, 0.15) is 36.5 Å². The molecule has 0 aliphatic carbocycles. The molecule has 0 amide bonds. The van der Waals surface area contributed by atoms with Gasteiger partial charge in [-0.25, -0.2) is 0 Å². The first-order chi connectivity index (χ1) is 7.19. The highest BCUT2D eigenvalue weighted by molar-refractivity contribution is 5.62. The van der Waals surface area contributed by atoms with Gasteiger partial charge in [0, 0.05) is 12.7 Å². The lowest BCUT2D eigenvalue weighted by molar-refractivity contribution is 0.791. The van der Waals surface area contributed by atoms with Crippen molar-refractivity contribution in [2.45, 2.75) is 33.1 Å². The van der Waals surface area contributed by atoms with Gasteiger partial charge < -0.3 is 5.32 Å². The highest BCUT2D eigenvalue weighted by Gasteiger charge is 2.01. The van der Waals surface area contributed by atoms with Crippen LogP contribution in [0.15, 0.2) is 24.8 Å². The van der Waals surface area contributed by atoms with Crippen LogP contribution in [0.4, 0.5) is 0 Å². The van der Waals surface area contributed by atoms with Gasteiger partial charge in [-0.15, -0.1) is 0 Å². The number of hydrogen-bond acceptors (Lipinski definition) is 1. The monoisotopic (exact) mass is 203 g/mol. The molecule has 1 aromatic rings. The number of unbranched alkanes of at least 4 members (excludes halogenated alkanes) is 1. The first kappa shape index (κ1) is 11.8. The minimum absolute atomic E-state index is 0.993. The van der Waals surface area contributed by atoms with Gasteiger partial charge in [0.2, 0.25) is 0 Å². The molecule has 82 valence electrons. The van der Waals surface area contributed by atoms with Crippen LogP contribution in [0, 0.1) is 6.92 Å². The van der Waals surface area contributed by atoms with E-state index in [0.717, 1.165) is 5.70 Å². The zero-order valence-corrected chi connectivity index (χ0v) is 10.1. The SMILES string of the molecule is C=C(NC)c1ccc(C)c(CCCC)c1. The second kappa shape index (κ2) is 5.59. The number of nitrogens with one attached hydrogen (secondary N) is 1. The third-order valence-electron chi connectivity index (χ3n) is 2.80. The molecule has 0 saturated carbocycles. The molecule has 0 radical (unpaired) electrons. The smallest absolute Gasteiger partial charge is 0.0338 e. The minimum Gasteiger partial charge on any atom is -0.388 e. The third-order valence-corrected chi connectivity index (χ3v) is 2.80. The average Bonchev–Trinajstić information content (AvgIpc) is 2.27. The Bertz CT molecular complexity index is 339. The lowest BCUT2D eigenvalue weighted by Crippen LogP contribution is -2.03. The summed E-state index contributed by atoms with van der Waals surface area (Å²) in [5.74, 6) is 0. The Hall–Kier alpha value is -1.24. The lowest BCUT2D eigenvalue weighted by atomic mass is 9.99. The van der Waals surface area contributed by atoms with E-state index in [1.165, 1.54) is 36.0 Å². The van der Waals surface area contributed by atoms with Crippen LogP contribution < -0.4 is 5.32 Å². The number of aryl methyl sites for hydroxylation is 2. The van der Waals surface area contributed by atoms with Crippen molar-refractivity contribution >= 4 is 5.70 Å². The van der Waals surface area contributed by atoms with Gasteiger partial charge in [-0.2, -0.15) is 0 Å². The van der Waals surface area contributed by atoms with Gasteiger partial charge in [-0.05, 0) is 42.5 Å². The predicted molar refractivity (Wildman–Crippen MR) is 67.9 cm³/mol. The molecule has 0 aliphatic rings. The molecule has 1 aromatic carbocycles. The minimum atomic E-state index is 0.993. The van der Waals surface area contributed by atoms with Gasteiger partial charge in [0.25, 0.3) is 0 Å². The molecule has 1 heteroatoms. The molecule has 1 N–H and O–H groups in total. The normalized spacial score (nSPS) is 10.1. The topological polar surface area (TPSA) is 12.0 Å². The summed E-state index contributed by atoms with van der Waals surface area (Å²) >= 11 is 0. The van der Waals surface area contributed by atoms with Crippen LogP contribution in [-0.4, -0.2) is 7.05 Å². The third kappa shape index (κ3) is 3.12. The molecule has 0 heterocycles. The van der Waals surface area contributed by atoms with Crippen LogP contribution in [-0.2, 0) is 6.42 Å². The molecule has 0 spiro atoms. The summed E-state index contributed by atoms with van der Waals surface area (Å²) in [6.45, 7) is 8.39. The van der Waals surface area contributed by atoms with Crippen molar-refractivity contribution in [3.63, 3.8) is 0 Å². The lowest BCUT2D eigenvalue weighted by Gasteiger charge is -2.10. The van der Waals surface area contributed by atoms with Crippen molar-refractivity contribution in [2.75, 3.05) is 7.05 Å². The van der Waals surface area contributed by atoms with Crippen LogP contribution in [0.3, 0.4) is 0 Å². The molecule has 0 aliphatic heterocycles. The number of hydrogen-bond donors (Lipinski definition) is 1. The second-order valence-corrected chi connectivity index (χ2v) is 3.97. The quantitative estimate of drug-likeness (QED) is 0.772. The highest BCUT2D eigenvalue weighted by Crippen LogP contribution is 2.17. The predicted octanol–water partition coefficient (Wildman–Crippen LogP) is 3.53. The van der Waals surface area contributed by atoms with E-state index < -0.39 is 0 Å². The summed E-state index contributed by atoms with van der Waals surface area (Å²) in [5, 5.41) is 3.09. The van der Waals surface area contributed by atoms with Crippen LogP contribution in [0.25, 0.3) is 5.70 Å². The Morgan fingerprint density at radius 3 is 2.73 bits per heavy atom. The van der Waals surface area contributed by atoms with E-state index >= 15 is 0 Å². The summed E-state index contributed by atoms with van der Waals surface area (Å²) in [6, 6.07) is 6.57. The zero-order valence-electron chi connectivity index (χ0n) is 10.1. The molecule has 1 rings (SSSR count). The molecule has 0 unspecified atom stereocenters.